The van der Waals surface area contributed by atoms with Crippen LogP contribution in [-0.2, 0) is 11.3 Å². The van der Waals surface area contributed by atoms with Crippen LogP contribution in [0.25, 0.3) is 0 Å². The van der Waals surface area contributed by atoms with Crippen LogP contribution < -0.4 is 0 Å². The summed E-state index contributed by atoms with van der Waals surface area (Å²) in [6.45, 7) is 1.02. The summed E-state index contributed by atoms with van der Waals surface area (Å²) in [5, 5.41) is 10.1. The SMILES string of the molecule is OCC(COCc1ccccc1)c1ccccc1Cl. The minimum atomic E-state index is -0.0857. The fraction of sp³-hybridized carbons (Fsp3) is 0.250. The fourth-order valence-corrected chi connectivity index (χ4v) is 2.23. The van der Waals surface area contributed by atoms with E-state index in [4.69, 9.17) is 16.3 Å². The number of hydrogen-bond acceptors (Lipinski definition) is 2. The molecule has 0 spiro atoms. The van der Waals surface area contributed by atoms with Gasteiger partial charge in [0.1, 0.15) is 0 Å². The summed E-state index contributed by atoms with van der Waals surface area (Å²) < 4.78 is 5.66. The second-order valence-corrected chi connectivity index (χ2v) is 4.81. The Morgan fingerprint density at radius 3 is 2.37 bits per heavy atom. The highest BCUT2D eigenvalue weighted by atomic mass is 35.5. The lowest BCUT2D eigenvalue weighted by Crippen LogP contribution is -2.12. The van der Waals surface area contributed by atoms with Gasteiger partial charge in [0, 0.05) is 10.9 Å². The molecule has 19 heavy (non-hydrogen) atoms. The largest absolute Gasteiger partial charge is 0.396 e. The monoisotopic (exact) mass is 276 g/mol. The molecule has 2 rings (SSSR count). The third-order valence-corrected chi connectivity index (χ3v) is 3.34. The zero-order valence-corrected chi connectivity index (χ0v) is 11.4. The van der Waals surface area contributed by atoms with Crippen LogP contribution in [0, 0.1) is 0 Å². The van der Waals surface area contributed by atoms with Crippen LogP contribution in [-0.4, -0.2) is 18.3 Å². The van der Waals surface area contributed by atoms with Gasteiger partial charge >= 0.3 is 0 Å². The molecule has 0 saturated heterocycles. The predicted octanol–water partition coefficient (Wildman–Crippen LogP) is 3.63. The Hall–Kier alpha value is -1.35. The summed E-state index contributed by atoms with van der Waals surface area (Å²) >= 11 is 6.13. The lowest BCUT2D eigenvalue weighted by molar-refractivity contribution is 0.0883. The van der Waals surface area contributed by atoms with Crippen molar-refractivity contribution in [3.63, 3.8) is 0 Å². The molecule has 1 N–H and O–H groups in total. The summed E-state index contributed by atoms with van der Waals surface area (Å²) in [4.78, 5) is 0. The first-order valence-corrected chi connectivity index (χ1v) is 6.66. The summed E-state index contributed by atoms with van der Waals surface area (Å²) in [5.74, 6) is -0.0857. The van der Waals surface area contributed by atoms with Gasteiger partial charge in [-0.1, -0.05) is 60.1 Å². The summed E-state index contributed by atoms with van der Waals surface area (Å²) in [6, 6.07) is 17.5. The molecule has 0 aromatic heterocycles. The predicted molar refractivity (Wildman–Crippen MR) is 77.4 cm³/mol. The van der Waals surface area contributed by atoms with Crippen molar-refractivity contribution in [3.05, 3.63) is 70.7 Å². The molecule has 2 nitrogen and oxygen atoms in total. The molecule has 0 bridgehead atoms. The van der Waals surface area contributed by atoms with Crippen molar-refractivity contribution in [2.45, 2.75) is 12.5 Å². The molecule has 1 unspecified atom stereocenters. The Balaban J connectivity index is 1.92. The molecule has 1 atom stereocenters. The van der Waals surface area contributed by atoms with E-state index < -0.39 is 0 Å². The molecule has 2 aromatic carbocycles. The van der Waals surface area contributed by atoms with E-state index in [2.05, 4.69) is 0 Å². The second-order valence-electron chi connectivity index (χ2n) is 4.40. The maximum Gasteiger partial charge on any atom is 0.0717 e. The van der Waals surface area contributed by atoms with Crippen molar-refractivity contribution < 1.29 is 9.84 Å². The van der Waals surface area contributed by atoms with E-state index in [0.29, 0.717) is 18.2 Å². The number of halogens is 1. The molecule has 0 saturated carbocycles. The molecule has 0 heterocycles. The van der Waals surface area contributed by atoms with Crippen molar-refractivity contribution in [2.75, 3.05) is 13.2 Å². The Morgan fingerprint density at radius 2 is 1.68 bits per heavy atom. The summed E-state index contributed by atoms with van der Waals surface area (Å²) in [7, 11) is 0. The van der Waals surface area contributed by atoms with Crippen molar-refractivity contribution >= 4 is 11.6 Å². The molecule has 3 heteroatoms. The lowest BCUT2D eigenvalue weighted by atomic mass is 10.0. The van der Waals surface area contributed by atoms with Gasteiger partial charge in [-0.05, 0) is 17.2 Å². The third-order valence-electron chi connectivity index (χ3n) is 3.00. The zero-order valence-electron chi connectivity index (χ0n) is 10.6. The van der Waals surface area contributed by atoms with E-state index in [9.17, 15) is 5.11 Å². The number of aliphatic hydroxyl groups is 1. The van der Waals surface area contributed by atoms with Crippen LogP contribution in [0.2, 0.25) is 5.02 Å². The highest BCUT2D eigenvalue weighted by Gasteiger charge is 2.13. The molecule has 0 radical (unpaired) electrons. The molecular weight excluding hydrogens is 260 g/mol. The highest BCUT2D eigenvalue weighted by molar-refractivity contribution is 6.31. The van der Waals surface area contributed by atoms with E-state index in [0.717, 1.165) is 11.1 Å². The Labute approximate surface area is 118 Å². The molecule has 0 fully saturated rings. The molecule has 0 aliphatic rings. The van der Waals surface area contributed by atoms with Crippen LogP contribution in [0.15, 0.2) is 54.6 Å². The van der Waals surface area contributed by atoms with E-state index >= 15 is 0 Å². The fourth-order valence-electron chi connectivity index (χ4n) is 1.94. The smallest absolute Gasteiger partial charge is 0.0717 e. The van der Waals surface area contributed by atoms with E-state index in [-0.39, 0.29) is 12.5 Å². The molecule has 0 aliphatic heterocycles. The van der Waals surface area contributed by atoms with Crippen molar-refractivity contribution in [2.24, 2.45) is 0 Å². The van der Waals surface area contributed by atoms with E-state index in [1.807, 2.05) is 54.6 Å². The minimum absolute atomic E-state index is 0.0263. The number of aliphatic hydroxyl groups excluding tert-OH is 1. The van der Waals surface area contributed by atoms with Crippen LogP contribution in [0.3, 0.4) is 0 Å². The number of benzene rings is 2. The Kier molecular flexibility index (Phi) is 5.40. The van der Waals surface area contributed by atoms with Gasteiger partial charge in [0.25, 0.3) is 0 Å². The van der Waals surface area contributed by atoms with Crippen molar-refractivity contribution in [1.82, 2.24) is 0 Å². The molecule has 0 aliphatic carbocycles. The van der Waals surface area contributed by atoms with Gasteiger partial charge in [0.15, 0.2) is 0 Å². The van der Waals surface area contributed by atoms with Crippen LogP contribution in [0.5, 0.6) is 0 Å². The summed E-state index contributed by atoms with van der Waals surface area (Å²) in [5.41, 5.74) is 2.05. The normalized spacial score (nSPS) is 12.3. The average Bonchev–Trinajstić information content (AvgIpc) is 2.46. The van der Waals surface area contributed by atoms with Gasteiger partial charge in [0.2, 0.25) is 0 Å². The number of ether oxygens (including phenoxy) is 1. The van der Waals surface area contributed by atoms with Crippen LogP contribution in [0.4, 0.5) is 0 Å². The van der Waals surface area contributed by atoms with Gasteiger partial charge in [-0.3, -0.25) is 0 Å². The molecule has 0 amide bonds. The third kappa shape index (κ3) is 4.06. The maximum absolute atomic E-state index is 9.46. The molecular formula is C16H17ClO2. The first kappa shape index (κ1) is 14.1. The summed E-state index contributed by atoms with van der Waals surface area (Å²) in [6.07, 6.45) is 0. The van der Waals surface area contributed by atoms with Gasteiger partial charge in [-0.2, -0.15) is 0 Å². The lowest BCUT2D eigenvalue weighted by Gasteiger charge is -2.16. The van der Waals surface area contributed by atoms with Crippen molar-refractivity contribution in [1.29, 1.82) is 0 Å². The first-order chi connectivity index (χ1) is 9.31. The zero-order chi connectivity index (χ0) is 13.5. The minimum Gasteiger partial charge on any atom is -0.396 e. The maximum atomic E-state index is 9.46. The van der Waals surface area contributed by atoms with Crippen LogP contribution >= 0.6 is 11.6 Å². The van der Waals surface area contributed by atoms with Gasteiger partial charge in [0.05, 0.1) is 19.8 Å². The molecule has 100 valence electrons. The first-order valence-electron chi connectivity index (χ1n) is 6.28. The standard InChI is InChI=1S/C16H17ClO2/c17-16-9-5-4-8-15(16)14(10-18)12-19-11-13-6-2-1-3-7-13/h1-9,14,18H,10-12H2. The quantitative estimate of drug-likeness (QED) is 0.873. The van der Waals surface area contributed by atoms with E-state index in [1.165, 1.54) is 0 Å². The number of rotatable bonds is 6. The van der Waals surface area contributed by atoms with Gasteiger partial charge in [-0.15, -0.1) is 0 Å². The van der Waals surface area contributed by atoms with Crippen LogP contribution in [0.1, 0.15) is 17.0 Å². The molecule has 2 aromatic rings. The van der Waals surface area contributed by atoms with Gasteiger partial charge < -0.3 is 9.84 Å². The number of hydrogen-bond donors (Lipinski definition) is 1. The average molecular weight is 277 g/mol. The highest BCUT2D eigenvalue weighted by Crippen LogP contribution is 2.24. The Bertz CT molecular complexity index is 499. The van der Waals surface area contributed by atoms with Crippen molar-refractivity contribution in [3.8, 4) is 0 Å². The van der Waals surface area contributed by atoms with E-state index in [1.54, 1.807) is 0 Å². The Morgan fingerprint density at radius 1 is 1.00 bits per heavy atom. The van der Waals surface area contributed by atoms with Gasteiger partial charge in [-0.25, -0.2) is 0 Å². The topological polar surface area (TPSA) is 29.5 Å². The second kappa shape index (κ2) is 7.29.